The van der Waals surface area contributed by atoms with Crippen molar-refractivity contribution in [2.24, 2.45) is 5.92 Å². The summed E-state index contributed by atoms with van der Waals surface area (Å²) in [7, 11) is 0. The largest absolute Gasteiger partial charge is 0.310 e. The molecular formula is C15H20BrF2N. The van der Waals surface area contributed by atoms with Crippen molar-refractivity contribution in [3.8, 4) is 0 Å². The molecule has 1 nitrogen and oxygen atoms in total. The van der Waals surface area contributed by atoms with E-state index < -0.39 is 11.6 Å². The van der Waals surface area contributed by atoms with Crippen molar-refractivity contribution >= 4 is 15.9 Å². The molecule has 0 radical (unpaired) electrons. The lowest BCUT2D eigenvalue weighted by molar-refractivity contribution is 0.256. The molecule has 106 valence electrons. The summed E-state index contributed by atoms with van der Waals surface area (Å²) in [6.45, 7) is 2.84. The molecule has 1 atom stereocenters. The molecule has 1 aromatic carbocycles. The Morgan fingerprint density at radius 3 is 2.42 bits per heavy atom. The quantitative estimate of drug-likeness (QED) is 0.776. The topological polar surface area (TPSA) is 12.0 Å². The number of nitrogens with one attached hydrogen (secondary N) is 1. The van der Waals surface area contributed by atoms with Gasteiger partial charge >= 0.3 is 0 Å². The lowest BCUT2D eigenvalue weighted by atomic mass is 9.79. The van der Waals surface area contributed by atoms with Crippen molar-refractivity contribution in [2.45, 2.75) is 45.1 Å². The Labute approximate surface area is 121 Å². The molecule has 0 bridgehead atoms. The number of benzene rings is 1. The standard InChI is InChI=1S/C15H20BrF2N/c1-2-6-19-14(7-10-4-3-5-10)15-12(17)8-11(16)9-13(15)18/h8-10,14,19H,2-7H2,1H3. The van der Waals surface area contributed by atoms with E-state index in [9.17, 15) is 8.78 Å². The van der Waals surface area contributed by atoms with Crippen molar-refractivity contribution in [1.82, 2.24) is 5.32 Å². The molecule has 1 fully saturated rings. The zero-order valence-electron chi connectivity index (χ0n) is 11.2. The second kappa shape index (κ2) is 6.80. The monoisotopic (exact) mass is 331 g/mol. The lowest BCUT2D eigenvalue weighted by Crippen LogP contribution is -2.28. The Hall–Kier alpha value is -0.480. The van der Waals surface area contributed by atoms with Crippen molar-refractivity contribution < 1.29 is 8.78 Å². The van der Waals surface area contributed by atoms with Crippen LogP contribution >= 0.6 is 15.9 Å². The maximum atomic E-state index is 14.1. The summed E-state index contributed by atoms with van der Waals surface area (Å²) < 4.78 is 28.6. The van der Waals surface area contributed by atoms with Crippen LogP contribution in [0.15, 0.2) is 16.6 Å². The molecule has 19 heavy (non-hydrogen) atoms. The van der Waals surface area contributed by atoms with E-state index in [1.165, 1.54) is 31.4 Å². The zero-order chi connectivity index (χ0) is 13.8. The molecule has 1 N–H and O–H groups in total. The molecule has 0 spiro atoms. The van der Waals surface area contributed by atoms with E-state index in [2.05, 4.69) is 28.2 Å². The summed E-state index contributed by atoms with van der Waals surface area (Å²) in [5.41, 5.74) is 0.198. The number of hydrogen-bond acceptors (Lipinski definition) is 1. The van der Waals surface area contributed by atoms with Crippen LogP contribution in [0.3, 0.4) is 0 Å². The first kappa shape index (κ1) is 14.9. The molecule has 0 saturated heterocycles. The van der Waals surface area contributed by atoms with Gasteiger partial charge in [-0.1, -0.05) is 42.1 Å². The van der Waals surface area contributed by atoms with Gasteiger partial charge in [0.25, 0.3) is 0 Å². The third-order valence-electron chi connectivity index (χ3n) is 3.83. The van der Waals surface area contributed by atoms with E-state index >= 15 is 0 Å². The summed E-state index contributed by atoms with van der Waals surface area (Å²) in [6.07, 6.45) is 5.40. The predicted octanol–water partition coefficient (Wildman–Crippen LogP) is 4.96. The molecule has 1 aliphatic carbocycles. The van der Waals surface area contributed by atoms with Crippen LogP contribution in [0.1, 0.15) is 50.6 Å². The van der Waals surface area contributed by atoms with Gasteiger partial charge in [-0.25, -0.2) is 8.78 Å². The van der Waals surface area contributed by atoms with E-state index in [1.54, 1.807) is 0 Å². The normalized spacial score (nSPS) is 17.3. The Kier molecular flexibility index (Phi) is 5.34. The molecule has 1 aliphatic rings. The minimum atomic E-state index is -0.459. The smallest absolute Gasteiger partial charge is 0.132 e. The average Bonchev–Trinajstić information content (AvgIpc) is 2.28. The van der Waals surface area contributed by atoms with Gasteiger partial charge < -0.3 is 5.32 Å². The second-order valence-corrected chi connectivity index (χ2v) is 6.24. The van der Waals surface area contributed by atoms with Crippen LogP contribution in [0.2, 0.25) is 0 Å². The number of hydrogen-bond donors (Lipinski definition) is 1. The van der Waals surface area contributed by atoms with Crippen LogP contribution in [0.5, 0.6) is 0 Å². The molecule has 0 aliphatic heterocycles. The molecule has 0 amide bonds. The van der Waals surface area contributed by atoms with E-state index in [0.29, 0.717) is 10.4 Å². The minimum Gasteiger partial charge on any atom is -0.310 e. The number of halogens is 3. The number of rotatable bonds is 6. The van der Waals surface area contributed by atoms with Gasteiger partial charge in [0.2, 0.25) is 0 Å². The highest BCUT2D eigenvalue weighted by Gasteiger charge is 2.26. The molecule has 1 unspecified atom stereocenters. The Morgan fingerprint density at radius 1 is 1.32 bits per heavy atom. The van der Waals surface area contributed by atoms with Gasteiger partial charge in [-0.05, 0) is 37.4 Å². The maximum absolute atomic E-state index is 14.1. The summed E-state index contributed by atoms with van der Waals surface area (Å²) in [4.78, 5) is 0. The van der Waals surface area contributed by atoms with Gasteiger partial charge in [-0.3, -0.25) is 0 Å². The minimum absolute atomic E-state index is 0.198. The van der Waals surface area contributed by atoms with Gasteiger partial charge in [-0.15, -0.1) is 0 Å². The van der Waals surface area contributed by atoms with Gasteiger partial charge in [-0.2, -0.15) is 0 Å². The van der Waals surface area contributed by atoms with Crippen LogP contribution in [-0.4, -0.2) is 6.54 Å². The highest BCUT2D eigenvalue weighted by Crippen LogP contribution is 2.36. The third-order valence-corrected chi connectivity index (χ3v) is 4.28. The van der Waals surface area contributed by atoms with E-state index in [1.807, 2.05) is 0 Å². The molecular weight excluding hydrogens is 312 g/mol. The fourth-order valence-corrected chi connectivity index (χ4v) is 2.97. The first-order valence-electron chi connectivity index (χ1n) is 6.99. The van der Waals surface area contributed by atoms with Crippen molar-refractivity contribution in [3.63, 3.8) is 0 Å². The summed E-state index contributed by atoms with van der Waals surface area (Å²) in [5, 5.41) is 3.29. The first-order valence-corrected chi connectivity index (χ1v) is 7.79. The Balaban J connectivity index is 2.20. The third kappa shape index (κ3) is 3.76. The lowest BCUT2D eigenvalue weighted by Gasteiger charge is -2.30. The molecule has 0 heterocycles. The van der Waals surface area contributed by atoms with Crippen LogP contribution in [-0.2, 0) is 0 Å². The summed E-state index contributed by atoms with van der Waals surface area (Å²) in [5.74, 6) is -0.309. The van der Waals surface area contributed by atoms with E-state index in [0.717, 1.165) is 19.4 Å². The Bertz CT molecular complexity index is 409. The second-order valence-electron chi connectivity index (χ2n) is 5.32. The van der Waals surface area contributed by atoms with Crippen LogP contribution < -0.4 is 5.32 Å². The van der Waals surface area contributed by atoms with Gasteiger partial charge in [0.1, 0.15) is 11.6 Å². The molecule has 1 saturated carbocycles. The first-order chi connectivity index (χ1) is 9.11. The predicted molar refractivity (Wildman–Crippen MR) is 77.1 cm³/mol. The fraction of sp³-hybridized carbons (Fsp3) is 0.600. The highest BCUT2D eigenvalue weighted by atomic mass is 79.9. The summed E-state index contributed by atoms with van der Waals surface area (Å²) in [6, 6.07) is 2.48. The zero-order valence-corrected chi connectivity index (χ0v) is 12.8. The van der Waals surface area contributed by atoms with Crippen LogP contribution in [0.25, 0.3) is 0 Å². The van der Waals surface area contributed by atoms with Crippen LogP contribution in [0.4, 0.5) is 8.78 Å². The molecule has 1 aromatic rings. The average molecular weight is 332 g/mol. The van der Waals surface area contributed by atoms with Gasteiger partial charge in [0.05, 0.1) is 0 Å². The van der Waals surface area contributed by atoms with Crippen molar-refractivity contribution in [1.29, 1.82) is 0 Å². The highest BCUT2D eigenvalue weighted by molar-refractivity contribution is 9.10. The van der Waals surface area contributed by atoms with Crippen LogP contribution in [0, 0.1) is 17.6 Å². The van der Waals surface area contributed by atoms with Gasteiger partial charge in [0.15, 0.2) is 0 Å². The Morgan fingerprint density at radius 2 is 1.95 bits per heavy atom. The summed E-state index contributed by atoms with van der Waals surface area (Å²) >= 11 is 3.12. The molecule has 4 heteroatoms. The maximum Gasteiger partial charge on any atom is 0.132 e. The molecule has 2 rings (SSSR count). The van der Waals surface area contributed by atoms with Gasteiger partial charge in [0, 0.05) is 16.1 Å². The fourth-order valence-electron chi connectivity index (χ4n) is 2.57. The molecule has 0 aromatic heterocycles. The SMILES string of the molecule is CCCNC(CC1CCC1)c1c(F)cc(Br)cc1F. The van der Waals surface area contributed by atoms with E-state index in [-0.39, 0.29) is 11.6 Å². The van der Waals surface area contributed by atoms with Crippen molar-refractivity contribution in [3.05, 3.63) is 33.8 Å². The van der Waals surface area contributed by atoms with E-state index in [4.69, 9.17) is 0 Å². The van der Waals surface area contributed by atoms with Crippen molar-refractivity contribution in [2.75, 3.05) is 6.54 Å².